The van der Waals surface area contributed by atoms with Crippen LogP contribution in [0.15, 0.2) is 0 Å². The fraction of sp³-hybridized carbons (Fsp3) is 0.733. The van der Waals surface area contributed by atoms with E-state index in [9.17, 15) is 0 Å². The van der Waals surface area contributed by atoms with Crippen LogP contribution in [0.4, 0.5) is 11.6 Å². The van der Waals surface area contributed by atoms with E-state index in [-0.39, 0.29) is 0 Å². The van der Waals surface area contributed by atoms with Crippen molar-refractivity contribution in [2.75, 3.05) is 17.2 Å². The van der Waals surface area contributed by atoms with Crippen LogP contribution in [0.25, 0.3) is 0 Å². The van der Waals surface area contributed by atoms with E-state index in [1.165, 1.54) is 19.3 Å². The molecule has 0 saturated heterocycles. The molecule has 1 heterocycles. The van der Waals surface area contributed by atoms with Crippen molar-refractivity contribution in [1.82, 2.24) is 9.97 Å². The van der Waals surface area contributed by atoms with Gasteiger partial charge >= 0.3 is 0 Å². The van der Waals surface area contributed by atoms with Crippen molar-refractivity contribution in [2.45, 2.75) is 59.4 Å². The molecule has 0 bridgehead atoms. The van der Waals surface area contributed by atoms with Crippen molar-refractivity contribution in [1.29, 1.82) is 0 Å². The van der Waals surface area contributed by atoms with Gasteiger partial charge in [0.25, 0.3) is 0 Å². The average molecular weight is 262 g/mol. The zero-order valence-corrected chi connectivity index (χ0v) is 12.6. The molecule has 1 fully saturated rings. The van der Waals surface area contributed by atoms with Crippen molar-refractivity contribution in [2.24, 2.45) is 5.92 Å². The molecule has 0 amide bonds. The first-order valence-electron chi connectivity index (χ1n) is 7.57. The monoisotopic (exact) mass is 262 g/mol. The minimum absolute atomic E-state index is 0.618. The fourth-order valence-electron chi connectivity index (χ4n) is 2.49. The van der Waals surface area contributed by atoms with Gasteiger partial charge in [-0.15, -0.1) is 0 Å². The fourth-order valence-corrected chi connectivity index (χ4v) is 2.49. The molecule has 1 aromatic heterocycles. The van der Waals surface area contributed by atoms with Crippen LogP contribution in [0.1, 0.15) is 51.4 Å². The maximum Gasteiger partial charge on any atom is 0.135 e. The Morgan fingerprint density at radius 1 is 1.16 bits per heavy atom. The lowest BCUT2D eigenvalue weighted by molar-refractivity contribution is 0.691. The van der Waals surface area contributed by atoms with Gasteiger partial charge in [-0.1, -0.05) is 20.3 Å². The summed E-state index contributed by atoms with van der Waals surface area (Å²) >= 11 is 0. The highest BCUT2D eigenvalue weighted by Crippen LogP contribution is 2.37. The molecular weight excluding hydrogens is 236 g/mol. The zero-order valence-electron chi connectivity index (χ0n) is 12.6. The molecule has 2 unspecified atom stereocenters. The predicted molar refractivity (Wildman–Crippen MR) is 80.7 cm³/mol. The number of hydrogen-bond donors (Lipinski definition) is 2. The highest BCUT2D eigenvalue weighted by Gasteiger charge is 2.36. The van der Waals surface area contributed by atoms with Crippen molar-refractivity contribution in [3.8, 4) is 0 Å². The molecule has 1 aromatic rings. The van der Waals surface area contributed by atoms with Gasteiger partial charge in [0.2, 0.25) is 0 Å². The largest absolute Gasteiger partial charge is 0.370 e. The summed E-state index contributed by atoms with van der Waals surface area (Å²) in [6.45, 7) is 9.43. The van der Waals surface area contributed by atoms with Gasteiger partial charge in [-0.05, 0) is 32.6 Å². The van der Waals surface area contributed by atoms with Crippen LogP contribution >= 0.6 is 0 Å². The maximum absolute atomic E-state index is 4.65. The predicted octanol–water partition coefficient (Wildman–Crippen LogP) is 3.38. The molecule has 1 aliphatic carbocycles. The highest BCUT2D eigenvalue weighted by atomic mass is 15.1. The van der Waals surface area contributed by atoms with Gasteiger partial charge in [-0.25, -0.2) is 9.97 Å². The number of rotatable bonds is 7. The molecule has 106 valence electrons. The van der Waals surface area contributed by atoms with Gasteiger partial charge in [-0.2, -0.15) is 0 Å². The van der Waals surface area contributed by atoms with Gasteiger partial charge in [0, 0.05) is 24.6 Å². The normalized spacial score (nSPS) is 21.3. The molecule has 4 heteroatoms. The summed E-state index contributed by atoms with van der Waals surface area (Å²) in [5, 5.41) is 6.93. The van der Waals surface area contributed by atoms with Gasteiger partial charge in [-0.3, -0.25) is 0 Å². The first-order valence-corrected chi connectivity index (χ1v) is 7.57. The maximum atomic E-state index is 4.65. The van der Waals surface area contributed by atoms with Gasteiger partial charge in [0.05, 0.1) is 0 Å². The molecule has 1 aliphatic rings. The lowest BCUT2D eigenvalue weighted by Gasteiger charge is -2.14. The summed E-state index contributed by atoms with van der Waals surface area (Å²) in [4.78, 5) is 9.21. The van der Waals surface area contributed by atoms with E-state index in [1.807, 2.05) is 0 Å². The standard InChI is InChI=1S/C15H26N4/c1-5-8-11-9-12(11)17-15-10(4)14(16-7-3)18-13(6-2)19-15/h11-12H,5-9H2,1-4H3,(H2,16,17,18,19). The number of aryl methyl sites for hydroxylation is 1. The molecule has 1 saturated carbocycles. The minimum Gasteiger partial charge on any atom is -0.370 e. The first-order chi connectivity index (χ1) is 9.19. The highest BCUT2D eigenvalue weighted by molar-refractivity contribution is 5.58. The number of anilines is 2. The van der Waals surface area contributed by atoms with Gasteiger partial charge < -0.3 is 10.6 Å². The molecule has 4 nitrogen and oxygen atoms in total. The van der Waals surface area contributed by atoms with Crippen molar-refractivity contribution < 1.29 is 0 Å². The molecule has 2 rings (SSSR count). The van der Waals surface area contributed by atoms with E-state index in [2.05, 4.69) is 48.3 Å². The van der Waals surface area contributed by atoms with E-state index in [1.54, 1.807) is 0 Å². The van der Waals surface area contributed by atoms with Crippen LogP contribution in [0.5, 0.6) is 0 Å². The molecule has 2 atom stereocenters. The summed E-state index contributed by atoms with van der Waals surface area (Å²) in [6.07, 6.45) is 4.75. The topological polar surface area (TPSA) is 49.8 Å². The molecule has 0 spiro atoms. The number of nitrogens with one attached hydrogen (secondary N) is 2. The Labute approximate surface area is 116 Å². The van der Waals surface area contributed by atoms with Crippen LogP contribution in [-0.2, 0) is 6.42 Å². The van der Waals surface area contributed by atoms with E-state index in [0.717, 1.165) is 41.9 Å². The Bertz CT molecular complexity index is 430. The smallest absolute Gasteiger partial charge is 0.135 e. The van der Waals surface area contributed by atoms with Crippen LogP contribution in [0, 0.1) is 12.8 Å². The lowest BCUT2D eigenvalue weighted by Crippen LogP contribution is -2.13. The Morgan fingerprint density at radius 3 is 2.53 bits per heavy atom. The Morgan fingerprint density at radius 2 is 1.89 bits per heavy atom. The summed E-state index contributed by atoms with van der Waals surface area (Å²) in [7, 11) is 0. The van der Waals surface area contributed by atoms with Crippen LogP contribution < -0.4 is 10.6 Å². The average Bonchev–Trinajstić information content (AvgIpc) is 3.13. The van der Waals surface area contributed by atoms with Crippen molar-refractivity contribution >= 4 is 11.6 Å². The Balaban J connectivity index is 2.12. The van der Waals surface area contributed by atoms with E-state index < -0.39 is 0 Å². The Hall–Kier alpha value is -1.32. The van der Waals surface area contributed by atoms with Crippen molar-refractivity contribution in [3.63, 3.8) is 0 Å². The van der Waals surface area contributed by atoms with E-state index in [0.29, 0.717) is 6.04 Å². The molecule has 2 N–H and O–H groups in total. The molecule has 19 heavy (non-hydrogen) atoms. The quantitative estimate of drug-likeness (QED) is 0.791. The summed E-state index contributed by atoms with van der Waals surface area (Å²) in [5.74, 6) is 3.75. The third-order valence-electron chi connectivity index (χ3n) is 3.76. The third-order valence-corrected chi connectivity index (χ3v) is 3.76. The number of aromatic nitrogens is 2. The second-order valence-electron chi connectivity index (χ2n) is 5.38. The number of hydrogen-bond acceptors (Lipinski definition) is 4. The van der Waals surface area contributed by atoms with Crippen LogP contribution in [0.2, 0.25) is 0 Å². The first kappa shape index (κ1) is 14.1. The molecular formula is C15H26N4. The molecule has 0 aromatic carbocycles. The number of nitrogens with zero attached hydrogens (tertiary/aromatic N) is 2. The summed E-state index contributed by atoms with van der Waals surface area (Å²) in [6, 6.07) is 0.618. The van der Waals surface area contributed by atoms with E-state index in [4.69, 9.17) is 0 Å². The minimum atomic E-state index is 0.618. The van der Waals surface area contributed by atoms with Crippen molar-refractivity contribution in [3.05, 3.63) is 11.4 Å². The second-order valence-corrected chi connectivity index (χ2v) is 5.38. The van der Waals surface area contributed by atoms with Crippen LogP contribution in [0.3, 0.4) is 0 Å². The molecule has 0 aliphatic heterocycles. The zero-order chi connectivity index (χ0) is 13.8. The lowest BCUT2D eigenvalue weighted by atomic mass is 10.2. The van der Waals surface area contributed by atoms with Gasteiger partial charge in [0.15, 0.2) is 0 Å². The SMILES string of the molecule is CCCC1CC1Nc1nc(CC)nc(NCC)c1C. The molecule has 0 radical (unpaired) electrons. The van der Waals surface area contributed by atoms with E-state index >= 15 is 0 Å². The Kier molecular flexibility index (Phi) is 4.61. The van der Waals surface area contributed by atoms with Crippen LogP contribution in [-0.4, -0.2) is 22.6 Å². The second kappa shape index (κ2) is 6.22. The third kappa shape index (κ3) is 3.37. The van der Waals surface area contributed by atoms with Gasteiger partial charge in [0.1, 0.15) is 17.5 Å². The summed E-state index contributed by atoms with van der Waals surface area (Å²) < 4.78 is 0. The summed E-state index contributed by atoms with van der Waals surface area (Å²) in [5.41, 5.74) is 1.14.